The van der Waals surface area contributed by atoms with Gasteiger partial charge in [0.2, 0.25) is 5.91 Å². The summed E-state index contributed by atoms with van der Waals surface area (Å²) in [4.78, 5) is 12.4. The molecule has 0 saturated heterocycles. The van der Waals surface area contributed by atoms with Crippen molar-refractivity contribution in [2.75, 3.05) is 0 Å². The van der Waals surface area contributed by atoms with Crippen LogP contribution in [-0.2, 0) is 17.9 Å². The Morgan fingerprint density at radius 2 is 1.79 bits per heavy atom. The summed E-state index contributed by atoms with van der Waals surface area (Å²) in [7, 11) is 0. The molecule has 4 aromatic rings. The number of amides is 1. The summed E-state index contributed by atoms with van der Waals surface area (Å²) in [5, 5.41) is 10.1. The number of H-pyrrole nitrogens is 1. The number of aryl methyl sites for hydroxylation is 1. The van der Waals surface area contributed by atoms with Crippen molar-refractivity contribution < 1.29 is 13.9 Å². The van der Waals surface area contributed by atoms with Crippen LogP contribution in [0.4, 0.5) is 4.39 Å². The van der Waals surface area contributed by atoms with Crippen LogP contribution in [0, 0.1) is 17.5 Å². The number of carbonyl (C=O) groups is 1. The molecule has 0 atom stereocenters. The van der Waals surface area contributed by atoms with Crippen molar-refractivity contribution in [2.24, 2.45) is 0 Å². The van der Waals surface area contributed by atoms with E-state index in [4.69, 9.17) is 17.0 Å². The highest BCUT2D eigenvalue weighted by molar-refractivity contribution is 7.71. The molecule has 6 nitrogen and oxygen atoms in total. The molecule has 0 aliphatic rings. The van der Waals surface area contributed by atoms with E-state index in [-0.39, 0.29) is 18.1 Å². The van der Waals surface area contributed by atoms with Crippen LogP contribution in [0.3, 0.4) is 0 Å². The van der Waals surface area contributed by atoms with Gasteiger partial charge in [-0.1, -0.05) is 35.9 Å². The Kier molecular flexibility index (Phi) is 6.95. The fourth-order valence-corrected chi connectivity index (χ4v) is 3.57. The molecule has 3 aromatic carbocycles. The number of aromatic nitrogens is 3. The number of rotatable bonds is 8. The lowest BCUT2D eigenvalue weighted by molar-refractivity contribution is -0.121. The Bertz CT molecular complexity index is 1300. The van der Waals surface area contributed by atoms with E-state index < -0.39 is 0 Å². The van der Waals surface area contributed by atoms with Gasteiger partial charge in [-0.25, -0.2) is 4.39 Å². The molecule has 0 unspecified atom stereocenters. The van der Waals surface area contributed by atoms with Crippen LogP contribution in [0.5, 0.6) is 11.5 Å². The zero-order chi connectivity index (χ0) is 23.2. The lowest BCUT2D eigenvalue weighted by Crippen LogP contribution is -2.24. The van der Waals surface area contributed by atoms with E-state index in [1.54, 1.807) is 12.1 Å². The second-order valence-corrected chi connectivity index (χ2v) is 7.99. The minimum Gasteiger partial charge on any atom is -0.457 e. The Labute approximate surface area is 196 Å². The van der Waals surface area contributed by atoms with E-state index in [0.717, 1.165) is 16.7 Å². The second-order valence-electron chi connectivity index (χ2n) is 7.60. The molecule has 0 aliphatic heterocycles. The van der Waals surface area contributed by atoms with Crippen LogP contribution in [0.25, 0.3) is 11.4 Å². The van der Waals surface area contributed by atoms with Crippen molar-refractivity contribution in [2.45, 2.75) is 26.4 Å². The van der Waals surface area contributed by atoms with Crippen LogP contribution < -0.4 is 10.1 Å². The Morgan fingerprint density at radius 3 is 2.48 bits per heavy atom. The maximum atomic E-state index is 13.0. The van der Waals surface area contributed by atoms with E-state index >= 15 is 0 Å². The van der Waals surface area contributed by atoms with Gasteiger partial charge < -0.3 is 10.1 Å². The molecule has 4 rings (SSSR count). The molecule has 0 fully saturated rings. The van der Waals surface area contributed by atoms with Gasteiger partial charge in [0.25, 0.3) is 0 Å². The lowest BCUT2D eigenvalue weighted by atomic mass is 10.1. The first kappa shape index (κ1) is 22.4. The fourth-order valence-electron chi connectivity index (χ4n) is 3.35. The predicted molar refractivity (Wildman–Crippen MR) is 127 cm³/mol. The zero-order valence-electron chi connectivity index (χ0n) is 18.0. The van der Waals surface area contributed by atoms with Crippen LogP contribution in [0.15, 0.2) is 72.8 Å². The summed E-state index contributed by atoms with van der Waals surface area (Å²) in [6.45, 7) is 2.84. The Morgan fingerprint density at radius 1 is 1.09 bits per heavy atom. The molecule has 168 valence electrons. The third-order valence-corrected chi connectivity index (χ3v) is 5.37. The predicted octanol–water partition coefficient (Wildman–Crippen LogP) is 5.55. The summed E-state index contributed by atoms with van der Waals surface area (Å²) in [5.41, 5.74) is 3.01. The van der Waals surface area contributed by atoms with Crippen LogP contribution in [0.1, 0.15) is 17.5 Å². The molecule has 2 N–H and O–H groups in total. The number of aromatic amines is 1. The number of halogens is 1. The Balaban J connectivity index is 1.30. The molecule has 0 bridgehead atoms. The Hall–Kier alpha value is -3.78. The van der Waals surface area contributed by atoms with Gasteiger partial charge in [0.1, 0.15) is 17.3 Å². The second kappa shape index (κ2) is 10.2. The van der Waals surface area contributed by atoms with Crippen molar-refractivity contribution in [1.82, 2.24) is 20.1 Å². The highest BCUT2D eigenvalue weighted by Gasteiger charge is 2.11. The molecule has 1 heterocycles. The van der Waals surface area contributed by atoms with Crippen molar-refractivity contribution in [3.05, 3.63) is 94.5 Å². The third kappa shape index (κ3) is 5.93. The first-order valence-electron chi connectivity index (χ1n) is 10.5. The van der Waals surface area contributed by atoms with Crippen LogP contribution in [0.2, 0.25) is 0 Å². The van der Waals surface area contributed by atoms with Crippen LogP contribution >= 0.6 is 12.2 Å². The first-order valence-corrected chi connectivity index (χ1v) is 10.9. The largest absolute Gasteiger partial charge is 0.457 e. The number of carbonyl (C=O) groups excluding carboxylic acids is 1. The highest BCUT2D eigenvalue weighted by atomic mass is 32.1. The van der Waals surface area contributed by atoms with Crippen molar-refractivity contribution in [3.8, 4) is 22.9 Å². The monoisotopic (exact) mass is 462 g/mol. The minimum atomic E-state index is -0.310. The number of hydrogen-bond donors (Lipinski definition) is 2. The summed E-state index contributed by atoms with van der Waals surface area (Å²) in [6.07, 6.45) is 0.276. The zero-order valence-corrected chi connectivity index (χ0v) is 18.9. The molecule has 0 radical (unpaired) electrons. The first-order chi connectivity index (χ1) is 16.0. The van der Waals surface area contributed by atoms with Crippen molar-refractivity contribution >= 4 is 18.1 Å². The van der Waals surface area contributed by atoms with Crippen molar-refractivity contribution in [1.29, 1.82) is 0 Å². The summed E-state index contributed by atoms with van der Waals surface area (Å²) in [5.74, 6) is 1.51. The molecule has 0 spiro atoms. The molecular formula is C25H23FN4O2S. The van der Waals surface area contributed by atoms with Gasteiger partial charge in [-0.15, -0.1) is 0 Å². The molecule has 1 amide bonds. The topological polar surface area (TPSA) is 71.9 Å². The SMILES string of the molecule is Cc1cccc(-c2n[nH]c(=S)n2CCC(=O)NCc2ccc(Oc3ccc(F)cc3)cc2)c1. The minimum absolute atomic E-state index is 0.0834. The van der Waals surface area contributed by atoms with E-state index in [2.05, 4.69) is 15.5 Å². The maximum Gasteiger partial charge on any atom is 0.222 e. The third-order valence-electron chi connectivity index (χ3n) is 5.06. The summed E-state index contributed by atoms with van der Waals surface area (Å²) < 4.78 is 21.0. The average molecular weight is 463 g/mol. The van der Waals surface area contributed by atoms with Gasteiger partial charge in [-0.3, -0.25) is 14.5 Å². The van der Waals surface area contributed by atoms with Gasteiger partial charge in [0.15, 0.2) is 10.6 Å². The van der Waals surface area contributed by atoms with Gasteiger partial charge in [-0.2, -0.15) is 5.10 Å². The molecular weight excluding hydrogens is 439 g/mol. The average Bonchev–Trinajstić information content (AvgIpc) is 3.19. The molecule has 0 aliphatic carbocycles. The van der Waals surface area contributed by atoms with Gasteiger partial charge in [0.05, 0.1) is 0 Å². The standard InChI is InChI=1S/C25H23FN4O2S/c1-17-3-2-4-19(15-17)24-28-29-25(33)30(24)14-13-23(31)27-16-18-5-9-21(10-6-18)32-22-11-7-20(26)8-12-22/h2-12,15H,13-14,16H2,1H3,(H,27,31)(H,29,33). The van der Waals surface area contributed by atoms with E-state index in [1.807, 2.05) is 60.0 Å². The molecule has 0 saturated carbocycles. The maximum absolute atomic E-state index is 13.0. The molecule has 33 heavy (non-hydrogen) atoms. The highest BCUT2D eigenvalue weighted by Crippen LogP contribution is 2.22. The lowest BCUT2D eigenvalue weighted by Gasteiger charge is -2.09. The van der Waals surface area contributed by atoms with Crippen LogP contribution in [-0.4, -0.2) is 20.7 Å². The van der Waals surface area contributed by atoms with Gasteiger partial charge in [-0.05, 0) is 67.2 Å². The normalized spacial score (nSPS) is 10.7. The number of ether oxygens (including phenoxy) is 1. The smallest absolute Gasteiger partial charge is 0.222 e. The quantitative estimate of drug-likeness (QED) is 0.337. The van der Waals surface area contributed by atoms with E-state index in [1.165, 1.54) is 12.1 Å². The fraction of sp³-hybridized carbons (Fsp3) is 0.160. The summed E-state index contributed by atoms with van der Waals surface area (Å²) >= 11 is 5.35. The van der Waals surface area contributed by atoms with Gasteiger partial charge in [0, 0.05) is 25.1 Å². The van der Waals surface area contributed by atoms with Gasteiger partial charge >= 0.3 is 0 Å². The number of nitrogens with one attached hydrogen (secondary N) is 2. The molecule has 8 heteroatoms. The van der Waals surface area contributed by atoms with E-state index in [0.29, 0.717) is 35.2 Å². The van der Waals surface area contributed by atoms with Crippen molar-refractivity contribution in [3.63, 3.8) is 0 Å². The number of benzene rings is 3. The summed E-state index contributed by atoms with van der Waals surface area (Å²) in [6, 6.07) is 21.2. The van der Waals surface area contributed by atoms with E-state index in [9.17, 15) is 9.18 Å². The number of hydrogen-bond acceptors (Lipinski definition) is 4. The number of nitrogens with zero attached hydrogens (tertiary/aromatic N) is 2. The molecule has 1 aromatic heterocycles.